The Balaban J connectivity index is 1.27. The molecule has 9 aromatic rings. The fraction of sp³-hybridized carbons (Fsp3) is 0.137. The van der Waals surface area contributed by atoms with Crippen molar-refractivity contribution in [2.24, 2.45) is 0 Å². The van der Waals surface area contributed by atoms with Gasteiger partial charge in [0.15, 0.2) is 0 Å². The molecule has 5 heteroatoms. The molecule has 0 unspecified atom stereocenters. The molecule has 0 amide bonds. The molecule has 0 N–H and O–H groups in total. The molecule has 0 saturated heterocycles. The first-order valence-corrected chi connectivity index (χ1v) is 19.6. The van der Waals surface area contributed by atoms with Crippen molar-refractivity contribution in [3.63, 3.8) is 0 Å². The van der Waals surface area contributed by atoms with Crippen LogP contribution in [-0.4, -0.2) is 14.4 Å². The summed E-state index contributed by atoms with van der Waals surface area (Å²) < 4.78 is 2.40. The lowest BCUT2D eigenvalue weighted by atomic mass is 9.87. The number of imidazole rings is 1. The smallest absolute Gasteiger partial charge is 0.145 e. The van der Waals surface area contributed by atoms with Crippen molar-refractivity contribution in [1.82, 2.24) is 14.4 Å². The summed E-state index contributed by atoms with van der Waals surface area (Å²) in [7, 11) is 0. The van der Waals surface area contributed by atoms with E-state index < -0.39 is 0 Å². The number of aromatic nitrogens is 3. The molecule has 3 heterocycles. The predicted octanol–water partition coefficient (Wildman–Crippen LogP) is 14.2. The Bertz CT molecular complexity index is 2810. The summed E-state index contributed by atoms with van der Waals surface area (Å²) in [4.78, 5) is 14.7. The van der Waals surface area contributed by atoms with Crippen LogP contribution in [-0.2, 0) is 0 Å². The van der Waals surface area contributed by atoms with Gasteiger partial charge in [-0.2, -0.15) is 0 Å². The monoisotopic (exact) mass is 727 g/mol. The quantitative estimate of drug-likeness (QED) is 0.139. The number of pyridine rings is 2. The number of para-hydroxylation sites is 3. The second kappa shape index (κ2) is 14.5. The Labute approximate surface area is 329 Å². The average molecular weight is 728 g/mol. The highest BCUT2D eigenvalue weighted by Crippen LogP contribution is 2.43. The van der Waals surface area contributed by atoms with Crippen molar-refractivity contribution in [2.75, 3.05) is 9.80 Å². The fourth-order valence-electron chi connectivity index (χ4n) is 8.23. The summed E-state index contributed by atoms with van der Waals surface area (Å²) in [6.07, 6.45) is 3.98. The van der Waals surface area contributed by atoms with Gasteiger partial charge in [0.25, 0.3) is 0 Å². The van der Waals surface area contributed by atoms with Crippen LogP contribution >= 0.6 is 0 Å². The molecule has 274 valence electrons. The summed E-state index contributed by atoms with van der Waals surface area (Å²) in [6, 6.07) is 56.4. The fourth-order valence-corrected chi connectivity index (χ4v) is 8.23. The molecule has 0 saturated carbocycles. The van der Waals surface area contributed by atoms with Crippen molar-refractivity contribution < 1.29 is 0 Å². The van der Waals surface area contributed by atoms with E-state index in [9.17, 15) is 0 Å². The molecule has 0 fully saturated rings. The summed E-state index contributed by atoms with van der Waals surface area (Å²) >= 11 is 0. The van der Waals surface area contributed by atoms with E-state index >= 15 is 0 Å². The first-order valence-electron chi connectivity index (χ1n) is 19.6. The zero-order valence-electron chi connectivity index (χ0n) is 32.6. The van der Waals surface area contributed by atoms with Crippen LogP contribution in [0.15, 0.2) is 170 Å². The number of anilines is 6. The maximum atomic E-state index is 5.26. The molecule has 56 heavy (non-hydrogen) atoms. The first kappa shape index (κ1) is 35.0. The lowest BCUT2D eigenvalue weighted by molar-refractivity contribution is 0.836. The molecule has 0 spiro atoms. The topological polar surface area (TPSA) is 36.7 Å². The van der Waals surface area contributed by atoms with Gasteiger partial charge in [0.1, 0.15) is 11.5 Å². The standard InChI is InChI=1S/C51H45N5/c1-34(2)42-23-15-24-43(35(3)4)50(42)48-33-53-51-46-32-41(26-27-44(46)45-22-12-13-25-47(45)56(48)51)54(37-16-8-6-9-17-37)39-20-14-21-40(31-39)55(38-18-10-7-11-19-38)49-30-36(5)28-29-52-49/h6-35H,1-5H3. The van der Waals surface area contributed by atoms with Gasteiger partial charge in [-0.25, -0.2) is 9.97 Å². The third-order valence-electron chi connectivity index (χ3n) is 10.8. The van der Waals surface area contributed by atoms with Gasteiger partial charge in [-0.15, -0.1) is 0 Å². The van der Waals surface area contributed by atoms with E-state index in [1.54, 1.807) is 0 Å². The van der Waals surface area contributed by atoms with Crippen LogP contribution in [0, 0.1) is 6.92 Å². The van der Waals surface area contributed by atoms with Gasteiger partial charge in [-0.05, 0) is 114 Å². The zero-order valence-corrected chi connectivity index (χ0v) is 32.6. The van der Waals surface area contributed by atoms with E-state index in [0.29, 0.717) is 11.8 Å². The van der Waals surface area contributed by atoms with Crippen molar-refractivity contribution in [2.45, 2.75) is 46.5 Å². The van der Waals surface area contributed by atoms with Gasteiger partial charge in [0, 0.05) is 51.0 Å². The number of rotatable bonds is 9. The Morgan fingerprint density at radius 2 is 1.07 bits per heavy atom. The SMILES string of the molecule is Cc1ccnc(N(c2ccccc2)c2cccc(N(c3ccccc3)c3ccc4c5ccccc5n5c(-c6c(C(C)C)cccc6C(C)C)cnc5c4c3)c2)c1. The Morgan fingerprint density at radius 1 is 0.482 bits per heavy atom. The molecule has 3 aromatic heterocycles. The van der Waals surface area contributed by atoms with Crippen LogP contribution in [0.1, 0.15) is 56.2 Å². The molecule has 0 aliphatic heterocycles. The van der Waals surface area contributed by atoms with Crippen LogP contribution in [0.3, 0.4) is 0 Å². The molecule has 9 rings (SSSR count). The predicted molar refractivity (Wildman–Crippen MR) is 236 cm³/mol. The Morgan fingerprint density at radius 3 is 1.75 bits per heavy atom. The van der Waals surface area contributed by atoms with Crippen molar-refractivity contribution in [3.8, 4) is 11.3 Å². The number of aryl methyl sites for hydroxylation is 1. The van der Waals surface area contributed by atoms with Crippen molar-refractivity contribution in [3.05, 3.63) is 187 Å². The highest BCUT2D eigenvalue weighted by Gasteiger charge is 2.23. The molecule has 0 aliphatic rings. The Kier molecular flexibility index (Phi) is 9.06. The zero-order chi connectivity index (χ0) is 38.3. The molecular weight excluding hydrogens is 683 g/mol. The summed E-state index contributed by atoms with van der Waals surface area (Å²) in [5, 5.41) is 3.48. The summed E-state index contributed by atoms with van der Waals surface area (Å²) in [6.45, 7) is 11.3. The van der Waals surface area contributed by atoms with E-state index in [1.807, 2.05) is 18.3 Å². The third kappa shape index (κ3) is 6.15. The van der Waals surface area contributed by atoms with Crippen LogP contribution in [0.2, 0.25) is 0 Å². The highest BCUT2D eigenvalue weighted by molar-refractivity contribution is 6.13. The largest absolute Gasteiger partial charge is 0.310 e. The lowest BCUT2D eigenvalue weighted by Gasteiger charge is -2.29. The highest BCUT2D eigenvalue weighted by atomic mass is 15.2. The normalized spacial score (nSPS) is 11.6. The second-order valence-corrected chi connectivity index (χ2v) is 15.2. The van der Waals surface area contributed by atoms with Gasteiger partial charge in [0.05, 0.1) is 17.4 Å². The lowest BCUT2D eigenvalue weighted by Crippen LogP contribution is -2.14. The van der Waals surface area contributed by atoms with Gasteiger partial charge < -0.3 is 4.90 Å². The number of hydrogen-bond donors (Lipinski definition) is 0. The van der Waals surface area contributed by atoms with E-state index in [-0.39, 0.29) is 0 Å². The number of hydrogen-bond acceptors (Lipinski definition) is 4. The van der Waals surface area contributed by atoms with Crippen LogP contribution in [0.4, 0.5) is 34.3 Å². The Hall–Kier alpha value is -6.72. The third-order valence-corrected chi connectivity index (χ3v) is 10.8. The van der Waals surface area contributed by atoms with Crippen LogP contribution in [0.5, 0.6) is 0 Å². The van der Waals surface area contributed by atoms with E-state index in [2.05, 4.69) is 201 Å². The second-order valence-electron chi connectivity index (χ2n) is 15.2. The van der Waals surface area contributed by atoms with Crippen LogP contribution in [0.25, 0.3) is 38.6 Å². The maximum absolute atomic E-state index is 5.26. The van der Waals surface area contributed by atoms with Gasteiger partial charge in [-0.3, -0.25) is 9.30 Å². The molecule has 0 radical (unpaired) electrons. The van der Waals surface area contributed by atoms with Crippen LogP contribution < -0.4 is 9.80 Å². The average Bonchev–Trinajstić information content (AvgIpc) is 3.67. The number of nitrogens with zero attached hydrogens (tertiary/aromatic N) is 5. The van der Waals surface area contributed by atoms with Gasteiger partial charge in [0.2, 0.25) is 0 Å². The maximum Gasteiger partial charge on any atom is 0.145 e. The molecule has 5 nitrogen and oxygen atoms in total. The number of fused-ring (bicyclic) bond motifs is 6. The van der Waals surface area contributed by atoms with E-state index in [1.165, 1.54) is 27.5 Å². The summed E-state index contributed by atoms with van der Waals surface area (Å²) in [5.74, 6) is 1.60. The molecular formula is C51H45N5. The molecule has 6 aromatic carbocycles. The minimum Gasteiger partial charge on any atom is -0.310 e. The minimum atomic E-state index is 0.363. The first-order chi connectivity index (χ1) is 27.4. The minimum absolute atomic E-state index is 0.363. The van der Waals surface area contributed by atoms with Gasteiger partial charge in [-0.1, -0.05) is 113 Å². The van der Waals surface area contributed by atoms with Gasteiger partial charge >= 0.3 is 0 Å². The van der Waals surface area contributed by atoms with E-state index in [0.717, 1.165) is 62.1 Å². The summed E-state index contributed by atoms with van der Waals surface area (Å²) in [5.41, 5.74) is 13.6. The molecule has 0 aliphatic carbocycles. The number of benzene rings is 6. The molecule has 0 bridgehead atoms. The van der Waals surface area contributed by atoms with E-state index in [4.69, 9.17) is 9.97 Å². The van der Waals surface area contributed by atoms with Crippen molar-refractivity contribution >= 4 is 61.6 Å². The van der Waals surface area contributed by atoms with Crippen molar-refractivity contribution in [1.29, 1.82) is 0 Å². The molecule has 0 atom stereocenters.